The summed E-state index contributed by atoms with van der Waals surface area (Å²) in [5, 5.41) is 7.10. The van der Waals surface area contributed by atoms with Crippen molar-refractivity contribution >= 4 is 28.9 Å². The van der Waals surface area contributed by atoms with Gasteiger partial charge in [0.15, 0.2) is 5.11 Å². The molecule has 5 rings (SSSR count). The second kappa shape index (κ2) is 11.7. The lowest BCUT2D eigenvalue weighted by molar-refractivity contribution is -0.116. The van der Waals surface area contributed by atoms with Gasteiger partial charge in [-0.1, -0.05) is 48.5 Å². The zero-order valence-corrected chi connectivity index (χ0v) is 23.2. The van der Waals surface area contributed by atoms with Gasteiger partial charge in [0.05, 0.1) is 30.6 Å². The maximum Gasteiger partial charge on any atom is 0.226 e. The van der Waals surface area contributed by atoms with E-state index in [0.717, 1.165) is 12.2 Å². The van der Waals surface area contributed by atoms with E-state index in [9.17, 15) is 4.79 Å². The molecule has 0 unspecified atom stereocenters. The van der Waals surface area contributed by atoms with E-state index >= 15 is 0 Å². The maximum absolute atomic E-state index is 13.0. The Labute approximate surface area is 234 Å². The molecule has 3 heterocycles. The van der Waals surface area contributed by atoms with Crippen LogP contribution in [0.25, 0.3) is 0 Å². The Balaban J connectivity index is 1.43. The first kappa shape index (κ1) is 26.4. The lowest BCUT2D eigenvalue weighted by Gasteiger charge is -2.28. The van der Waals surface area contributed by atoms with E-state index in [2.05, 4.69) is 69.3 Å². The van der Waals surface area contributed by atoms with Crippen LogP contribution in [0.1, 0.15) is 46.7 Å². The standard InChI is InChI=1S/C31H33N5O2S/c1-21-19-24(22(2)36(21)20-23-11-5-4-6-12-23)30-29(26-14-9-10-17-32-26)34-31(39)35(30)18-16-28(37)33-25-13-7-8-15-27(25)38-3/h4-15,17,19,29-30H,16,18,20H2,1-3H3,(H,33,37)(H,34,39)/t29-,30-/m0/s1. The number of hydrogen-bond donors (Lipinski definition) is 2. The SMILES string of the molecule is COc1ccccc1NC(=O)CCN1C(=S)N[C@@H](c2ccccn2)[C@@H]1c1cc(C)n(Cc2ccccc2)c1C. The lowest BCUT2D eigenvalue weighted by atomic mass is 9.96. The number of carbonyl (C=O) groups is 1. The minimum absolute atomic E-state index is 0.100. The summed E-state index contributed by atoms with van der Waals surface area (Å²) in [7, 11) is 1.59. The molecule has 1 fully saturated rings. The monoisotopic (exact) mass is 539 g/mol. The van der Waals surface area contributed by atoms with Crippen molar-refractivity contribution in [1.29, 1.82) is 0 Å². The van der Waals surface area contributed by atoms with Gasteiger partial charge in [-0.2, -0.15) is 0 Å². The van der Waals surface area contributed by atoms with Crippen LogP contribution in [0.15, 0.2) is 85.1 Å². The Kier molecular flexibility index (Phi) is 7.93. The number of aryl methyl sites for hydroxylation is 1. The molecule has 0 spiro atoms. The minimum atomic E-state index is -0.137. The molecule has 2 atom stereocenters. The summed E-state index contributed by atoms with van der Waals surface area (Å²) in [4.78, 5) is 19.8. The highest BCUT2D eigenvalue weighted by molar-refractivity contribution is 7.80. The molecule has 1 amide bonds. The van der Waals surface area contributed by atoms with Gasteiger partial charge < -0.3 is 24.8 Å². The third-order valence-corrected chi connectivity index (χ3v) is 7.63. The van der Waals surface area contributed by atoms with Crippen molar-refractivity contribution in [3.63, 3.8) is 0 Å². The number of thiocarbonyl (C=S) groups is 1. The van der Waals surface area contributed by atoms with E-state index in [0.29, 0.717) is 23.1 Å². The highest BCUT2D eigenvalue weighted by atomic mass is 32.1. The van der Waals surface area contributed by atoms with Crippen molar-refractivity contribution in [3.05, 3.63) is 113 Å². The summed E-state index contributed by atoms with van der Waals surface area (Å²) in [5.74, 6) is 0.528. The number of methoxy groups -OCH3 is 1. The predicted octanol–water partition coefficient (Wildman–Crippen LogP) is 5.56. The molecule has 0 bridgehead atoms. The molecule has 2 aromatic carbocycles. The van der Waals surface area contributed by atoms with Crippen molar-refractivity contribution in [3.8, 4) is 5.75 Å². The maximum atomic E-state index is 13.0. The number of pyridine rings is 1. The number of nitrogens with zero attached hydrogens (tertiary/aromatic N) is 3. The molecular formula is C31H33N5O2S. The van der Waals surface area contributed by atoms with Gasteiger partial charge >= 0.3 is 0 Å². The molecule has 8 heteroatoms. The van der Waals surface area contributed by atoms with Gasteiger partial charge in [-0.05, 0) is 67.5 Å². The predicted molar refractivity (Wildman–Crippen MR) is 158 cm³/mol. The van der Waals surface area contributed by atoms with Crippen molar-refractivity contribution in [2.24, 2.45) is 0 Å². The van der Waals surface area contributed by atoms with Crippen LogP contribution in [0.4, 0.5) is 5.69 Å². The number of nitrogens with one attached hydrogen (secondary N) is 2. The van der Waals surface area contributed by atoms with E-state index < -0.39 is 0 Å². The van der Waals surface area contributed by atoms with Crippen LogP contribution in [-0.4, -0.2) is 39.1 Å². The van der Waals surface area contributed by atoms with Gasteiger partial charge in [0.1, 0.15) is 5.75 Å². The Morgan fingerprint density at radius 2 is 1.79 bits per heavy atom. The summed E-state index contributed by atoms with van der Waals surface area (Å²) < 4.78 is 7.72. The quantitative estimate of drug-likeness (QED) is 0.272. The zero-order valence-electron chi connectivity index (χ0n) is 22.4. The van der Waals surface area contributed by atoms with Crippen LogP contribution in [0.2, 0.25) is 0 Å². The van der Waals surface area contributed by atoms with E-state index in [1.807, 2.05) is 48.5 Å². The number of para-hydroxylation sites is 2. The second-order valence-corrected chi connectivity index (χ2v) is 10.1. The number of aromatic nitrogens is 2. The Hall–Kier alpha value is -4.17. The van der Waals surface area contributed by atoms with E-state index in [-0.39, 0.29) is 24.4 Å². The van der Waals surface area contributed by atoms with Crippen molar-refractivity contribution in [1.82, 2.24) is 19.8 Å². The number of amides is 1. The molecule has 200 valence electrons. The lowest BCUT2D eigenvalue weighted by Crippen LogP contribution is -2.33. The average molecular weight is 540 g/mol. The fourth-order valence-electron chi connectivity index (χ4n) is 5.30. The summed E-state index contributed by atoms with van der Waals surface area (Å²) >= 11 is 5.83. The van der Waals surface area contributed by atoms with Gasteiger partial charge in [0, 0.05) is 37.1 Å². The highest BCUT2D eigenvalue weighted by Gasteiger charge is 2.41. The Morgan fingerprint density at radius 3 is 2.54 bits per heavy atom. The summed E-state index contributed by atoms with van der Waals surface area (Å²) in [6.07, 6.45) is 2.08. The van der Waals surface area contributed by atoms with Gasteiger partial charge in [-0.15, -0.1) is 0 Å². The van der Waals surface area contributed by atoms with Crippen LogP contribution in [0.5, 0.6) is 5.75 Å². The van der Waals surface area contributed by atoms with Crippen LogP contribution in [-0.2, 0) is 11.3 Å². The van der Waals surface area contributed by atoms with Gasteiger partial charge in [0.25, 0.3) is 0 Å². The van der Waals surface area contributed by atoms with Gasteiger partial charge in [0.2, 0.25) is 5.91 Å². The fraction of sp³-hybridized carbons (Fsp3) is 0.258. The largest absolute Gasteiger partial charge is 0.495 e. The molecule has 1 aliphatic rings. The smallest absolute Gasteiger partial charge is 0.226 e. The van der Waals surface area contributed by atoms with E-state index in [1.54, 1.807) is 13.3 Å². The molecule has 4 aromatic rings. The molecule has 39 heavy (non-hydrogen) atoms. The number of anilines is 1. The number of carbonyl (C=O) groups excluding carboxylic acids is 1. The Bertz CT molecular complexity index is 1450. The topological polar surface area (TPSA) is 71.4 Å². The first-order chi connectivity index (χ1) is 19.0. The fourth-order valence-corrected chi connectivity index (χ4v) is 5.64. The number of ether oxygens (including phenoxy) is 1. The van der Waals surface area contributed by atoms with Gasteiger partial charge in [-0.25, -0.2) is 0 Å². The first-order valence-corrected chi connectivity index (χ1v) is 13.5. The molecule has 0 saturated carbocycles. The second-order valence-electron chi connectivity index (χ2n) is 9.72. The normalized spacial score (nSPS) is 16.7. The van der Waals surface area contributed by atoms with Gasteiger partial charge in [-0.3, -0.25) is 9.78 Å². The molecule has 1 saturated heterocycles. The summed E-state index contributed by atoms with van der Waals surface area (Å²) in [6, 6.07) is 25.8. The molecule has 7 nitrogen and oxygen atoms in total. The van der Waals surface area contributed by atoms with Crippen molar-refractivity contribution < 1.29 is 9.53 Å². The minimum Gasteiger partial charge on any atom is -0.495 e. The summed E-state index contributed by atoms with van der Waals surface area (Å²) in [6.45, 7) is 5.55. The van der Waals surface area contributed by atoms with Crippen LogP contribution in [0.3, 0.4) is 0 Å². The van der Waals surface area contributed by atoms with Crippen LogP contribution < -0.4 is 15.4 Å². The van der Waals surface area contributed by atoms with Crippen molar-refractivity contribution in [2.75, 3.05) is 19.0 Å². The molecule has 0 aliphatic carbocycles. The third kappa shape index (κ3) is 5.66. The number of hydrogen-bond acceptors (Lipinski definition) is 4. The Morgan fingerprint density at radius 1 is 1.05 bits per heavy atom. The number of rotatable bonds is 9. The van der Waals surface area contributed by atoms with E-state index in [4.69, 9.17) is 17.0 Å². The summed E-state index contributed by atoms with van der Waals surface area (Å²) in [5.41, 5.74) is 6.35. The first-order valence-electron chi connectivity index (χ1n) is 13.1. The zero-order chi connectivity index (χ0) is 27.4. The van der Waals surface area contributed by atoms with Crippen molar-refractivity contribution in [2.45, 2.75) is 38.9 Å². The highest BCUT2D eigenvalue weighted by Crippen LogP contribution is 2.41. The molecule has 2 aromatic heterocycles. The van der Waals surface area contributed by atoms with Crippen LogP contribution >= 0.6 is 12.2 Å². The molecule has 0 radical (unpaired) electrons. The van der Waals surface area contributed by atoms with E-state index in [1.165, 1.54) is 22.5 Å². The van der Waals surface area contributed by atoms with Crippen LogP contribution in [0, 0.1) is 13.8 Å². The molecular weight excluding hydrogens is 506 g/mol. The number of benzene rings is 2. The molecule has 2 N–H and O–H groups in total. The average Bonchev–Trinajstić information content (AvgIpc) is 3.43. The third-order valence-electron chi connectivity index (χ3n) is 7.27. The molecule has 1 aliphatic heterocycles.